The lowest BCUT2D eigenvalue weighted by molar-refractivity contribution is 0.0203. The number of carbonyl (C=O) groups excluding carboxylic acids is 2. The maximum Gasteiger partial charge on any atom is 0.410 e. The molecule has 4 rings (SSSR count). The standard InChI is InChI=1S/C27H30Cl2N4O3/c1-17-22(29)6-5-7-23(17)33-24(18-12-14-32(15-13-18)26(35)36-27(2,3)4)21(16-30-33)25(34)31-20-10-8-19(28)9-11-20/h5-11,16,18H,12-15H2,1-4H3,(H,31,34). The molecule has 0 unspecified atom stereocenters. The molecule has 0 aliphatic carbocycles. The molecule has 1 aliphatic rings. The van der Waals surface area contributed by atoms with Gasteiger partial charge in [-0.15, -0.1) is 0 Å². The number of aromatic nitrogens is 2. The summed E-state index contributed by atoms with van der Waals surface area (Å²) in [4.78, 5) is 27.7. The second-order valence-corrected chi connectivity index (χ2v) is 10.8. The average Bonchev–Trinajstić information content (AvgIpc) is 3.26. The Kier molecular flexibility index (Phi) is 7.62. The molecule has 0 bridgehead atoms. The molecular formula is C27H30Cl2N4O3. The van der Waals surface area contributed by atoms with E-state index in [9.17, 15) is 9.59 Å². The number of ether oxygens (including phenoxy) is 1. The number of amides is 2. The Bertz CT molecular complexity index is 1260. The zero-order chi connectivity index (χ0) is 26.0. The number of halogens is 2. The van der Waals surface area contributed by atoms with E-state index < -0.39 is 5.60 Å². The number of hydrogen-bond acceptors (Lipinski definition) is 4. The SMILES string of the molecule is Cc1c(Cl)cccc1-n1ncc(C(=O)Nc2ccc(Cl)cc2)c1C1CCN(C(=O)OC(C)(C)C)CC1. The first kappa shape index (κ1) is 26.0. The van der Waals surface area contributed by atoms with Gasteiger partial charge in [-0.2, -0.15) is 5.10 Å². The molecule has 1 aliphatic heterocycles. The second-order valence-electron chi connectivity index (χ2n) is 9.94. The molecular weight excluding hydrogens is 499 g/mol. The highest BCUT2D eigenvalue weighted by atomic mass is 35.5. The summed E-state index contributed by atoms with van der Waals surface area (Å²) in [5.41, 5.74) is 3.07. The van der Waals surface area contributed by atoms with Gasteiger partial charge in [-0.25, -0.2) is 9.48 Å². The molecule has 1 aromatic heterocycles. The maximum atomic E-state index is 13.4. The van der Waals surface area contributed by atoms with E-state index in [1.54, 1.807) is 35.4 Å². The molecule has 7 nitrogen and oxygen atoms in total. The zero-order valence-corrected chi connectivity index (χ0v) is 22.4. The Morgan fingerprint density at radius 3 is 2.36 bits per heavy atom. The van der Waals surface area contributed by atoms with Crippen LogP contribution in [0, 0.1) is 6.92 Å². The number of likely N-dealkylation sites (tertiary alicyclic amines) is 1. The van der Waals surface area contributed by atoms with Crippen LogP contribution in [0.15, 0.2) is 48.7 Å². The lowest BCUT2D eigenvalue weighted by Gasteiger charge is -2.34. The van der Waals surface area contributed by atoms with Crippen molar-refractivity contribution in [2.75, 3.05) is 18.4 Å². The molecule has 1 saturated heterocycles. The lowest BCUT2D eigenvalue weighted by atomic mass is 9.90. The van der Waals surface area contributed by atoms with Gasteiger partial charge in [0.05, 0.1) is 23.1 Å². The molecule has 9 heteroatoms. The maximum absolute atomic E-state index is 13.4. The van der Waals surface area contributed by atoms with E-state index in [4.69, 9.17) is 27.9 Å². The molecule has 3 aromatic rings. The van der Waals surface area contributed by atoms with Gasteiger partial charge >= 0.3 is 6.09 Å². The van der Waals surface area contributed by atoms with Gasteiger partial charge in [-0.1, -0.05) is 29.3 Å². The summed E-state index contributed by atoms with van der Waals surface area (Å²) in [6.45, 7) is 8.55. The van der Waals surface area contributed by atoms with Crippen LogP contribution >= 0.6 is 23.2 Å². The van der Waals surface area contributed by atoms with Crippen LogP contribution in [-0.2, 0) is 4.74 Å². The second kappa shape index (κ2) is 10.5. The van der Waals surface area contributed by atoms with Crippen LogP contribution in [-0.4, -0.2) is 45.4 Å². The molecule has 1 N–H and O–H groups in total. The Labute approximate surface area is 221 Å². The first-order chi connectivity index (χ1) is 17.0. The minimum atomic E-state index is -0.552. The highest BCUT2D eigenvalue weighted by Gasteiger charge is 2.32. The van der Waals surface area contributed by atoms with Crippen LogP contribution in [0.4, 0.5) is 10.5 Å². The predicted molar refractivity (Wildman–Crippen MR) is 142 cm³/mol. The molecule has 36 heavy (non-hydrogen) atoms. The van der Waals surface area contributed by atoms with Crippen molar-refractivity contribution in [1.82, 2.24) is 14.7 Å². The lowest BCUT2D eigenvalue weighted by Crippen LogP contribution is -2.41. The minimum absolute atomic E-state index is 0.00976. The Hall–Kier alpha value is -3.03. The summed E-state index contributed by atoms with van der Waals surface area (Å²) >= 11 is 12.4. The average molecular weight is 529 g/mol. The summed E-state index contributed by atoms with van der Waals surface area (Å²) < 4.78 is 7.35. The number of rotatable bonds is 4. The van der Waals surface area contributed by atoms with Crippen molar-refractivity contribution in [2.24, 2.45) is 0 Å². The van der Waals surface area contributed by atoms with Crippen LogP contribution < -0.4 is 5.32 Å². The van der Waals surface area contributed by atoms with E-state index in [1.165, 1.54) is 0 Å². The molecule has 2 heterocycles. The van der Waals surface area contributed by atoms with Crippen molar-refractivity contribution < 1.29 is 14.3 Å². The quantitative estimate of drug-likeness (QED) is 0.401. The number of anilines is 1. The first-order valence-electron chi connectivity index (χ1n) is 11.9. The van der Waals surface area contributed by atoms with Crippen LogP contribution in [0.25, 0.3) is 5.69 Å². The molecule has 190 valence electrons. The third kappa shape index (κ3) is 5.85. The van der Waals surface area contributed by atoms with E-state index >= 15 is 0 Å². The van der Waals surface area contributed by atoms with Gasteiger partial charge in [0.2, 0.25) is 0 Å². The van der Waals surface area contributed by atoms with Gasteiger partial charge < -0.3 is 15.0 Å². The molecule has 0 atom stereocenters. The van der Waals surface area contributed by atoms with Crippen molar-refractivity contribution in [3.05, 3.63) is 75.5 Å². The van der Waals surface area contributed by atoms with E-state index in [2.05, 4.69) is 10.4 Å². The van der Waals surface area contributed by atoms with Gasteiger partial charge in [0.15, 0.2) is 0 Å². The fraction of sp³-hybridized carbons (Fsp3) is 0.370. The summed E-state index contributed by atoms with van der Waals surface area (Å²) in [7, 11) is 0. The van der Waals surface area contributed by atoms with Crippen LogP contribution in [0.1, 0.15) is 61.1 Å². The van der Waals surface area contributed by atoms with Crippen LogP contribution in [0.3, 0.4) is 0 Å². The summed E-state index contributed by atoms with van der Waals surface area (Å²) in [6.07, 6.45) is 2.62. The fourth-order valence-corrected chi connectivity index (χ4v) is 4.63. The molecule has 0 saturated carbocycles. The molecule has 2 aromatic carbocycles. The van der Waals surface area contributed by atoms with Crippen molar-refractivity contribution in [3.63, 3.8) is 0 Å². The highest BCUT2D eigenvalue weighted by molar-refractivity contribution is 6.31. The fourth-order valence-electron chi connectivity index (χ4n) is 4.34. The minimum Gasteiger partial charge on any atom is -0.444 e. The smallest absolute Gasteiger partial charge is 0.410 e. The van der Waals surface area contributed by atoms with Crippen LogP contribution in [0.2, 0.25) is 10.0 Å². The molecule has 1 fully saturated rings. The number of nitrogens with one attached hydrogen (secondary N) is 1. The van der Waals surface area contributed by atoms with Gasteiger partial charge in [0, 0.05) is 34.7 Å². The van der Waals surface area contributed by atoms with Gasteiger partial charge in [-0.05, 0) is 82.5 Å². The zero-order valence-electron chi connectivity index (χ0n) is 20.8. The van der Waals surface area contributed by atoms with Gasteiger partial charge in [-0.3, -0.25) is 4.79 Å². The monoisotopic (exact) mass is 528 g/mol. The Balaban J connectivity index is 1.65. The molecule has 0 radical (unpaired) electrons. The third-order valence-corrected chi connectivity index (χ3v) is 6.82. The van der Waals surface area contributed by atoms with Gasteiger partial charge in [0.1, 0.15) is 5.60 Å². The molecule has 2 amide bonds. The first-order valence-corrected chi connectivity index (χ1v) is 12.7. The van der Waals surface area contributed by atoms with Crippen molar-refractivity contribution in [1.29, 1.82) is 0 Å². The normalized spacial score (nSPS) is 14.6. The number of hydrogen-bond donors (Lipinski definition) is 1. The number of carbonyl (C=O) groups is 2. The Morgan fingerprint density at radius 2 is 1.72 bits per heavy atom. The van der Waals surface area contributed by atoms with E-state index in [1.807, 2.05) is 50.6 Å². The summed E-state index contributed by atoms with van der Waals surface area (Å²) in [5.74, 6) is -0.247. The number of benzene rings is 2. The number of nitrogens with zero attached hydrogens (tertiary/aromatic N) is 3. The number of piperidine rings is 1. The predicted octanol–water partition coefficient (Wildman–Crippen LogP) is 6.85. The van der Waals surface area contributed by atoms with Crippen molar-refractivity contribution in [2.45, 2.75) is 52.1 Å². The summed E-state index contributed by atoms with van der Waals surface area (Å²) in [6, 6.07) is 12.6. The van der Waals surface area contributed by atoms with Gasteiger partial charge in [0.25, 0.3) is 5.91 Å². The highest BCUT2D eigenvalue weighted by Crippen LogP contribution is 2.34. The van der Waals surface area contributed by atoms with Crippen molar-refractivity contribution in [3.8, 4) is 5.69 Å². The third-order valence-electron chi connectivity index (χ3n) is 6.15. The molecule has 0 spiro atoms. The summed E-state index contributed by atoms with van der Waals surface area (Å²) in [5, 5.41) is 8.78. The largest absolute Gasteiger partial charge is 0.444 e. The van der Waals surface area contributed by atoms with E-state index in [0.29, 0.717) is 47.2 Å². The topological polar surface area (TPSA) is 76.5 Å². The Morgan fingerprint density at radius 1 is 1.06 bits per heavy atom. The van der Waals surface area contributed by atoms with E-state index in [0.717, 1.165) is 16.9 Å². The van der Waals surface area contributed by atoms with Crippen molar-refractivity contribution >= 4 is 40.9 Å². The van der Waals surface area contributed by atoms with Crippen LogP contribution in [0.5, 0.6) is 0 Å². The van der Waals surface area contributed by atoms with E-state index in [-0.39, 0.29) is 17.9 Å².